The van der Waals surface area contributed by atoms with Gasteiger partial charge < -0.3 is 11.1 Å². The predicted octanol–water partition coefficient (Wildman–Crippen LogP) is 1.25. The lowest BCUT2D eigenvalue weighted by Gasteiger charge is -2.15. The van der Waals surface area contributed by atoms with E-state index in [2.05, 4.69) is 10.3 Å². The van der Waals surface area contributed by atoms with Crippen LogP contribution in [0.25, 0.3) is 0 Å². The Balaban J connectivity index is 2.02. The average Bonchev–Trinajstić information content (AvgIpc) is 2.96. The highest BCUT2D eigenvalue weighted by atomic mass is 32.1. The zero-order chi connectivity index (χ0) is 11.7. The van der Waals surface area contributed by atoms with Gasteiger partial charge in [0, 0.05) is 5.38 Å². The summed E-state index contributed by atoms with van der Waals surface area (Å²) in [6.07, 6.45) is 2.16. The minimum absolute atomic E-state index is 0.176. The number of carbonyl (C=O) groups excluding carboxylic acids is 1. The number of aryl methyl sites for hydroxylation is 1. The van der Waals surface area contributed by atoms with Crippen molar-refractivity contribution in [1.82, 2.24) is 10.3 Å². The molecule has 1 heterocycles. The van der Waals surface area contributed by atoms with Crippen LogP contribution in [0.15, 0.2) is 5.38 Å². The van der Waals surface area contributed by atoms with Gasteiger partial charge in [-0.05, 0) is 25.7 Å². The third-order valence-electron chi connectivity index (χ3n) is 2.54. The van der Waals surface area contributed by atoms with E-state index in [-0.39, 0.29) is 11.9 Å². The zero-order valence-corrected chi connectivity index (χ0v) is 10.5. The van der Waals surface area contributed by atoms with E-state index in [1.54, 1.807) is 5.38 Å². The molecule has 0 aliphatic heterocycles. The second kappa shape index (κ2) is 4.47. The van der Waals surface area contributed by atoms with Gasteiger partial charge in [0.2, 0.25) is 0 Å². The molecule has 16 heavy (non-hydrogen) atoms. The first-order valence-corrected chi connectivity index (χ1v) is 6.39. The number of hydrogen-bond acceptors (Lipinski definition) is 4. The van der Waals surface area contributed by atoms with Crippen molar-refractivity contribution in [3.05, 3.63) is 16.1 Å². The van der Waals surface area contributed by atoms with E-state index in [4.69, 9.17) is 18.0 Å². The number of nitrogens with zero attached hydrogens (tertiary/aromatic N) is 1. The lowest BCUT2D eigenvalue weighted by molar-refractivity contribution is 0.0939. The van der Waals surface area contributed by atoms with Crippen molar-refractivity contribution in [1.29, 1.82) is 0 Å². The van der Waals surface area contributed by atoms with Gasteiger partial charge in [0.05, 0.1) is 16.0 Å². The Bertz CT molecular complexity index is 425. The van der Waals surface area contributed by atoms with Crippen LogP contribution in [0.3, 0.4) is 0 Å². The van der Waals surface area contributed by atoms with Crippen LogP contribution in [0, 0.1) is 12.8 Å². The maximum atomic E-state index is 11.8. The fourth-order valence-electron chi connectivity index (χ4n) is 1.53. The van der Waals surface area contributed by atoms with Gasteiger partial charge in [-0.2, -0.15) is 0 Å². The largest absolute Gasteiger partial charge is 0.392 e. The number of nitrogens with one attached hydrogen (secondary N) is 1. The Kier molecular flexibility index (Phi) is 3.20. The highest BCUT2D eigenvalue weighted by Gasteiger charge is 2.34. The first kappa shape index (κ1) is 11.5. The van der Waals surface area contributed by atoms with Gasteiger partial charge in [-0.25, -0.2) is 4.98 Å². The normalized spacial score (nSPS) is 16.8. The van der Waals surface area contributed by atoms with Gasteiger partial charge in [0.25, 0.3) is 5.91 Å². The van der Waals surface area contributed by atoms with Crippen LogP contribution in [0.2, 0.25) is 0 Å². The average molecular weight is 255 g/mol. The molecule has 1 atom stereocenters. The van der Waals surface area contributed by atoms with Crippen molar-refractivity contribution in [2.45, 2.75) is 25.8 Å². The number of carbonyl (C=O) groups is 1. The summed E-state index contributed by atoms with van der Waals surface area (Å²) >= 11 is 6.41. The fraction of sp³-hybridized carbons (Fsp3) is 0.500. The zero-order valence-electron chi connectivity index (χ0n) is 8.90. The lowest BCUT2D eigenvalue weighted by Crippen LogP contribution is -2.45. The molecule has 1 aliphatic rings. The topological polar surface area (TPSA) is 68.0 Å². The summed E-state index contributed by atoms with van der Waals surface area (Å²) in [4.78, 5) is 16.3. The van der Waals surface area contributed by atoms with Gasteiger partial charge in [-0.15, -0.1) is 11.3 Å². The van der Waals surface area contributed by atoms with Gasteiger partial charge in [-0.3, -0.25) is 4.79 Å². The van der Waals surface area contributed by atoms with Gasteiger partial charge >= 0.3 is 0 Å². The summed E-state index contributed by atoms with van der Waals surface area (Å²) in [5, 5.41) is 5.47. The van der Waals surface area contributed by atoms with E-state index in [0.29, 0.717) is 16.6 Å². The SMILES string of the molecule is Cc1nc(C(=O)NC(C(N)=S)C2CC2)cs1. The third kappa shape index (κ3) is 2.56. The summed E-state index contributed by atoms with van der Waals surface area (Å²) in [7, 11) is 0. The second-order valence-electron chi connectivity index (χ2n) is 3.94. The summed E-state index contributed by atoms with van der Waals surface area (Å²) in [6.45, 7) is 1.87. The van der Waals surface area contributed by atoms with Crippen molar-refractivity contribution in [2.75, 3.05) is 0 Å². The molecule has 86 valence electrons. The molecule has 0 spiro atoms. The molecule has 0 radical (unpaired) electrons. The van der Waals surface area contributed by atoms with Crippen LogP contribution in [0.1, 0.15) is 28.3 Å². The number of hydrogen-bond donors (Lipinski definition) is 2. The predicted molar refractivity (Wildman–Crippen MR) is 67.6 cm³/mol. The van der Waals surface area contributed by atoms with Crippen molar-refractivity contribution in [3.63, 3.8) is 0 Å². The number of thiazole rings is 1. The van der Waals surface area contributed by atoms with E-state index in [1.165, 1.54) is 11.3 Å². The van der Waals surface area contributed by atoms with E-state index < -0.39 is 0 Å². The van der Waals surface area contributed by atoms with E-state index in [9.17, 15) is 4.79 Å². The fourth-order valence-corrected chi connectivity index (χ4v) is 2.38. The smallest absolute Gasteiger partial charge is 0.271 e. The quantitative estimate of drug-likeness (QED) is 0.794. The molecule has 1 unspecified atom stereocenters. The molecule has 1 saturated carbocycles. The van der Waals surface area contributed by atoms with Crippen molar-refractivity contribution >= 4 is 34.5 Å². The highest BCUT2D eigenvalue weighted by Crippen LogP contribution is 2.32. The van der Waals surface area contributed by atoms with Crippen molar-refractivity contribution in [2.24, 2.45) is 11.7 Å². The lowest BCUT2D eigenvalue weighted by atomic mass is 10.2. The maximum absolute atomic E-state index is 11.8. The molecule has 6 heteroatoms. The van der Waals surface area contributed by atoms with Gasteiger partial charge in [0.1, 0.15) is 5.69 Å². The number of amides is 1. The van der Waals surface area contributed by atoms with Crippen LogP contribution >= 0.6 is 23.6 Å². The van der Waals surface area contributed by atoms with Crippen LogP contribution in [0.5, 0.6) is 0 Å². The van der Waals surface area contributed by atoms with E-state index >= 15 is 0 Å². The molecule has 1 aliphatic carbocycles. The van der Waals surface area contributed by atoms with Gasteiger partial charge in [0.15, 0.2) is 0 Å². The first-order chi connectivity index (χ1) is 7.58. The third-order valence-corrected chi connectivity index (χ3v) is 3.57. The second-order valence-corrected chi connectivity index (χ2v) is 5.48. The molecule has 0 saturated heterocycles. The molecule has 1 aromatic heterocycles. The molecule has 2 rings (SSSR count). The number of nitrogens with two attached hydrogens (primary N) is 1. The molecular weight excluding hydrogens is 242 g/mol. The highest BCUT2D eigenvalue weighted by molar-refractivity contribution is 7.80. The Labute approximate surface area is 103 Å². The number of aromatic nitrogens is 1. The van der Waals surface area contributed by atoms with Crippen molar-refractivity contribution < 1.29 is 4.79 Å². The van der Waals surface area contributed by atoms with E-state index in [0.717, 1.165) is 17.8 Å². The molecule has 1 fully saturated rings. The molecule has 3 N–H and O–H groups in total. The van der Waals surface area contributed by atoms with E-state index in [1.807, 2.05) is 6.92 Å². The number of thiocarbonyl (C=S) groups is 1. The summed E-state index contributed by atoms with van der Waals surface area (Å²) in [5.74, 6) is 0.232. The van der Waals surface area contributed by atoms with Crippen LogP contribution in [-0.2, 0) is 0 Å². The summed E-state index contributed by atoms with van der Waals surface area (Å²) in [5.41, 5.74) is 6.06. The van der Waals surface area contributed by atoms with Crippen LogP contribution in [0.4, 0.5) is 0 Å². The van der Waals surface area contributed by atoms with Crippen LogP contribution in [-0.4, -0.2) is 21.9 Å². The molecule has 0 bridgehead atoms. The van der Waals surface area contributed by atoms with Gasteiger partial charge in [-0.1, -0.05) is 12.2 Å². The first-order valence-electron chi connectivity index (χ1n) is 5.10. The monoisotopic (exact) mass is 255 g/mol. The summed E-state index contributed by atoms with van der Waals surface area (Å²) < 4.78 is 0. The van der Waals surface area contributed by atoms with Crippen LogP contribution < -0.4 is 11.1 Å². The minimum atomic E-state index is -0.186. The molecule has 0 aromatic carbocycles. The maximum Gasteiger partial charge on any atom is 0.271 e. The minimum Gasteiger partial charge on any atom is -0.392 e. The Hall–Kier alpha value is -1.01. The number of rotatable bonds is 4. The molecule has 1 amide bonds. The Morgan fingerprint density at radius 1 is 1.75 bits per heavy atom. The standard InChI is InChI=1S/C10H13N3OS2/c1-5-12-7(4-16-5)10(14)13-8(9(11)15)6-2-3-6/h4,6,8H,2-3H2,1H3,(H2,11,15)(H,13,14). The molecule has 1 aromatic rings. The Morgan fingerprint density at radius 3 is 2.88 bits per heavy atom. The molecule has 4 nitrogen and oxygen atoms in total. The van der Waals surface area contributed by atoms with Crippen molar-refractivity contribution in [3.8, 4) is 0 Å². The summed E-state index contributed by atoms with van der Waals surface area (Å²) in [6, 6.07) is -0.176. The molecular formula is C10H13N3OS2. The Morgan fingerprint density at radius 2 is 2.44 bits per heavy atom.